The van der Waals surface area contributed by atoms with Crippen LogP contribution in [0, 0.1) is 11.6 Å². The van der Waals surface area contributed by atoms with Crippen LogP contribution in [0.25, 0.3) is 12.2 Å². The third-order valence-electron chi connectivity index (χ3n) is 12.2. The Labute approximate surface area is 412 Å². The van der Waals surface area contributed by atoms with Crippen molar-refractivity contribution in [3.05, 3.63) is 141 Å². The minimum Gasteiger partial charge on any atom is -0.331 e. The lowest BCUT2D eigenvalue weighted by Gasteiger charge is -2.40. The van der Waals surface area contributed by atoms with E-state index in [1.54, 1.807) is 65.6 Å². The predicted octanol–water partition coefficient (Wildman–Crippen LogP) is 8.83. The van der Waals surface area contributed by atoms with Gasteiger partial charge in [0.2, 0.25) is 23.6 Å². The summed E-state index contributed by atoms with van der Waals surface area (Å²) in [6.45, 7) is 4.96. The van der Waals surface area contributed by atoms with Gasteiger partial charge in [-0.15, -0.1) is 24.0 Å². The highest BCUT2D eigenvalue weighted by Gasteiger charge is 2.43. The van der Waals surface area contributed by atoms with Crippen LogP contribution in [0.15, 0.2) is 97.1 Å². The Morgan fingerprint density at radius 3 is 1.34 bits per heavy atom. The first-order valence-electron chi connectivity index (χ1n) is 22.0. The third kappa shape index (κ3) is 14.1. The van der Waals surface area contributed by atoms with Gasteiger partial charge in [0.15, 0.2) is 0 Å². The number of nitrogens with zero attached hydrogens (tertiary/aromatic N) is 5. The predicted molar refractivity (Wildman–Crippen MR) is 265 cm³/mol. The minimum absolute atomic E-state index is 0. The molecule has 4 amide bonds. The Bertz CT molecular complexity index is 2410. The van der Waals surface area contributed by atoms with Gasteiger partial charge in [0, 0.05) is 97.0 Å². The summed E-state index contributed by atoms with van der Waals surface area (Å²) in [5, 5.41) is 6.58. The number of piperazine rings is 2. The molecule has 0 radical (unpaired) electrons. The van der Waals surface area contributed by atoms with E-state index in [2.05, 4.69) is 20.4 Å². The lowest BCUT2D eigenvalue weighted by atomic mass is 10.1. The molecule has 8 rings (SSSR count). The van der Waals surface area contributed by atoms with E-state index in [0.717, 1.165) is 81.6 Å². The van der Waals surface area contributed by atoms with Gasteiger partial charge in [-0.2, -0.15) is 0 Å². The molecule has 0 aromatic heterocycles. The quantitative estimate of drug-likeness (QED) is 0.102. The number of halogens is 6. The molecular formula is C50H55Cl4F2N7O4. The average Bonchev–Trinajstić information content (AvgIpc) is 3.71. The van der Waals surface area contributed by atoms with E-state index >= 15 is 0 Å². The highest BCUT2D eigenvalue weighted by atomic mass is 35.5. The molecule has 4 saturated heterocycles. The molecular weight excluding hydrogens is 942 g/mol. The van der Waals surface area contributed by atoms with Crippen LogP contribution in [0.4, 0.5) is 20.2 Å². The second-order valence-corrected chi connectivity index (χ2v) is 18.6. The van der Waals surface area contributed by atoms with Crippen LogP contribution in [-0.2, 0) is 32.3 Å². The van der Waals surface area contributed by atoms with E-state index in [1.165, 1.54) is 24.3 Å². The standard InChI is InChI=1S/C26H30ClFN4O2.C24H24Cl2FN3O2.ClH/c1-30(2)17-25(33)29-24-13-20(27)7-5-19(24)6-12-26(34)32-22-10-11-23(32)16-31(15-22)14-18-3-8-21(28)9-4-18;25-12-23(31)28-22-11-18(26)5-3-17(22)4-10-24(32)30-20-8-9-21(30)15-29(14-20)13-16-1-6-19(27)7-2-16;/h3-9,12-13,22-23H,10-11,14-17H2,1-2H3,(H,29,33);1-7,10-11,20-21H,8-9,12-15H2,(H,28,31);1H/b12-6+;10-4+;. The first kappa shape index (κ1) is 51.5. The Balaban J connectivity index is 0.000000218. The summed E-state index contributed by atoms with van der Waals surface area (Å²) in [5.74, 6) is -1.18. The van der Waals surface area contributed by atoms with Crippen molar-refractivity contribution in [2.45, 2.75) is 62.9 Å². The molecule has 4 atom stereocenters. The number of rotatable bonds is 13. The van der Waals surface area contributed by atoms with Crippen molar-refractivity contribution in [1.82, 2.24) is 24.5 Å². The van der Waals surface area contributed by atoms with Crippen molar-refractivity contribution in [2.75, 3.05) is 63.3 Å². The Hall–Kier alpha value is -4.86. The molecule has 4 aromatic carbocycles. The van der Waals surface area contributed by atoms with Crippen LogP contribution in [0.3, 0.4) is 0 Å². The van der Waals surface area contributed by atoms with Crippen molar-refractivity contribution in [3.63, 3.8) is 0 Å². The van der Waals surface area contributed by atoms with Crippen LogP contribution < -0.4 is 10.6 Å². The van der Waals surface area contributed by atoms with Gasteiger partial charge in [0.25, 0.3) is 0 Å². The molecule has 4 heterocycles. The number of hydrogen-bond donors (Lipinski definition) is 2. The van der Waals surface area contributed by atoms with E-state index in [0.29, 0.717) is 27.0 Å². The fourth-order valence-corrected chi connectivity index (χ4v) is 9.78. The molecule has 4 unspecified atom stereocenters. The molecule has 2 N–H and O–H groups in total. The second-order valence-electron chi connectivity index (χ2n) is 17.5. The van der Waals surface area contributed by atoms with Crippen molar-refractivity contribution < 1.29 is 28.0 Å². The summed E-state index contributed by atoms with van der Waals surface area (Å²) >= 11 is 17.8. The van der Waals surface area contributed by atoms with Gasteiger partial charge in [-0.1, -0.05) is 59.6 Å². The first-order valence-corrected chi connectivity index (χ1v) is 23.3. The van der Waals surface area contributed by atoms with Crippen LogP contribution >= 0.6 is 47.2 Å². The number of hydrogen-bond acceptors (Lipinski definition) is 7. The number of likely N-dealkylation sites (N-methyl/N-ethyl adjacent to an activating group) is 1. The summed E-state index contributed by atoms with van der Waals surface area (Å²) < 4.78 is 26.4. The highest BCUT2D eigenvalue weighted by Crippen LogP contribution is 2.33. The SMILES string of the molecule is CN(C)CC(=O)Nc1cc(Cl)ccc1/C=C/C(=O)N1C2CCC1CN(Cc1ccc(F)cc1)C2.Cl.O=C(CCl)Nc1cc(Cl)ccc1/C=C/C(=O)N1C2CCC1CN(Cc1ccc(F)cc1)C2. The molecule has 17 heteroatoms. The van der Waals surface area contributed by atoms with Crippen molar-refractivity contribution >= 4 is 94.4 Å². The molecule has 0 spiro atoms. The smallest absolute Gasteiger partial charge is 0.247 e. The zero-order valence-corrected chi connectivity index (χ0v) is 40.4. The number of anilines is 2. The number of nitrogens with one attached hydrogen (secondary N) is 2. The Morgan fingerprint density at radius 1 is 0.612 bits per heavy atom. The molecule has 4 aliphatic heterocycles. The molecule has 4 bridgehead atoms. The Kier molecular flexibility index (Phi) is 18.4. The van der Waals surface area contributed by atoms with Crippen LogP contribution in [-0.4, -0.2) is 125 Å². The van der Waals surface area contributed by atoms with E-state index < -0.39 is 0 Å². The molecule has 0 saturated carbocycles. The molecule has 4 aliphatic rings. The second kappa shape index (κ2) is 23.9. The van der Waals surface area contributed by atoms with Crippen LogP contribution in [0.2, 0.25) is 10.0 Å². The summed E-state index contributed by atoms with van der Waals surface area (Å²) in [7, 11) is 3.65. The van der Waals surface area contributed by atoms with Crippen molar-refractivity contribution in [1.29, 1.82) is 0 Å². The van der Waals surface area contributed by atoms with Gasteiger partial charge in [-0.25, -0.2) is 8.78 Å². The summed E-state index contributed by atoms with van der Waals surface area (Å²) in [4.78, 5) is 60.5. The molecule has 4 fully saturated rings. The fraction of sp³-hybridized carbons (Fsp3) is 0.360. The fourth-order valence-electron chi connectivity index (χ4n) is 9.37. The molecule has 11 nitrogen and oxygen atoms in total. The third-order valence-corrected chi connectivity index (χ3v) is 12.9. The maximum Gasteiger partial charge on any atom is 0.247 e. The topological polar surface area (TPSA) is 109 Å². The first-order chi connectivity index (χ1) is 31.7. The van der Waals surface area contributed by atoms with E-state index in [1.807, 2.05) is 48.2 Å². The van der Waals surface area contributed by atoms with Crippen molar-refractivity contribution in [3.8, 4) is 0 Å². The number of carbonyl (C=O) groups excluding carboxylic acids is 4. The zero-order chi connectivity index (χ0) is 46.9. The summed E-state index contributed by atoms with van der Waals surface area (Å²) in [6.07, 6.45) is 10.5. The minimum atomic E-state index is -0.342. The van der Waals surface area contributed by atoms with Crippen LogP contribution in [0.1, 0.15) is 47.9 Å². The number of fused-ring (bicyclic) bond motifs is 4. The van der Waals surface area contributed by atoms with Gasteiger partial charge in [-0.05, 0) is 123 Å². The van der Waals surface area contributed by atoms with Crippen LogP contribution in [0.5, 0.6) is 0 Å². The molecule has 67 heavy (non-hydrogen) atoms. The molecule has 0 aliphatic carbocycles. The monoisotopic (exact) mass is 995 g/mol. The van der Waals surface area contributed by atoms with E-state index in [-0.39, 0.29) is 84.3 Å². The van der Waals surface area contributed by atoms with E-state index in [9.17, 15) is 28.0 Å². The van der Waals surface area contributed by atoms with Gasteiger partial charge in [0.05, 0.1) is 6.54 Å². The van der Waals surface area contributed by atoms with E-state index in [4.69, 9.17) is 34.8 Å². The number of benzene rings is 4. The lowest BCUT2D eigenvalue weighted by molar-refractivity contribution is -0.132. The normalized spacial score (nSPS) is 20.2. The van der Waals surface area contributed by atoms with Crippen molar-refractivity contribution in [2.24, 2.45) is 0 Å². The highest BCUT2D eigenvalue weighted by molar-refractivity contribution is 6.32. The Morgan fingerprint density at radius 2 is 0.985 bits per heavy atom. The maximum absolute atomic E-state index is 13.2. The van der Waals surface area contributed by atoms with Gasteiger partial charge in [0.1, 0.15) is 17.5 Å². The maximum atomic E-state index is 13.2. The number of amides is 4. The van der Waals surface area contributed by atoms with Gasteiger partial charge in [-0.3, -0.25) is 29.0 Å². The summed E-state index contributed by atoms with van der Waals surface area (Å²) in [6, 6.07) is 24.2. The molecule has 356 valence electrons. The largest absolute Gasteiger partial charge is 0.331 e. The number of carbonyl (C=O) groups is 4. The number of alkyl halides is 1. The number of likely N-dealkylation sites (tertiary alicyclic amines) is 2. The summed E-state index contributed by atoms with van der Waals surface area (Å²) in [5.41, 5.74) is 4.65. The molecule has 4 aromatic rings. The lowest BCUT2D eigenvalue weighted by Crippen LogP contribution is -2.55. The van der Waals surface area contributed by atoms with Gasteiger partial charge >= 0.3 is 0 Å². The average molecular weight is 998 g/mol. The zero-order valence-electron chi connectivity index (χ0n) is 37.4. The van der Waals surface area contributed by atoms with Gasteiger partial charge < -0.3 is 25.3 Å².